The minimum Gasteiger partial charge on any atom is -0.494 e. The van der Waals surface area contributed by atoms with Crippen LogP contribution in [0.5, 0.6) is 11.5 Å². The van der Waals surface area contributed by atoms with Crippen LogP contribution in [-0.2, 0) is 20.4 Å². The predicted octanol–water partition coefficient (Wildman–Crippen LogP) is 6.11. The Balaban J connectivity index is 1.42. The Morgan fingerprint density at radius 3 is 1.98 bits per heavy atom. The van der Waals surface area contributed by atoms with E-state index in [1.807, 2.05) is 0 Å². The summed E-state index contributed by atoms with van der Waals surface area (Å²) >= 11 is 0. The first-order valence-electron chi connectivity index (χ1n) is 12.5. The van der Waals surface area contributed by atoms with Crippen LogP contribution in [0.4, 0.5) is 33.3 Å². The molecule has 0 amide bonds. The molecule has 8 nitrogen and oxygen atoms in total. The van der Waals surface area contributed by atoms with Crippen LogP contribution in [-0.4, -0.2) is 37.9 Å². The Bertz CT molecular complexity index is 1360. The fourth-order valence-corrected chi connectivity index (χ4v) is 3.43. The lowest BCUT2D eigenvalue weighted by atomic mass is 10.2. The molecule has 0 saturated carbocycles. The lowest BCUT2D eigenvalue weighted by Gasteiger charge is -2.18. The number of carbonyl (C=O) groups excluding carboxylic acids is 2. The molecule has 4 N–H and O–H groups in total. The van der Waals surface area contributed by atoms with E-state index in [-0.39, 0.29) is 43.3 Å². The number of rotatable bonds is 13. The van der Waals surface area contributed by atoms with Gasteiger partial charge < -0.3 is 30.4 Å². The number of alkyl halides is 5. The van der Waals surface area contributed by atoms with E-state index >= 15 is 0 Å². The van der Waals surface area contributed by atoms with Gasteiger partial charge in [-0.3, -0.25) is 0 Å². The van der Waals surface area contributed by atoms with Gasteiger partial charge in [0.2, 0.25) is 0 Å². The zero-order chi connectivity index (χ0) is 30.8. The van der Waals surface area contributed by atoms with E-state index in [0.717, 1.165) is 18.2 Å². The summed E-state index contributed by atoms with van der Waals surface area (Å²) in [6.45, 7) is -0.619. The minimum atomic E-state index is -4.29. The number of anilines is 2. The van der Waals surface area contributed by atoms with Crippen molar-refractivity contribution < 1.29 is 50.5 Å². The molecule has 0 unspecified atom stereocenters. The van der Waals surface area contributed by atoms with Gasteiger partial charge in [0.05, 0.1) is 17.7 Å². The van der Waals surface area contributed by atoms with Crippen molar-refractivity contribution in [1.29, 1.82) is 0 Å². The Morgan fingerprint density at radius 1 is 0.762 bits per heavy atom. The number of nitrogen functional groups attached to an aromatic ring is 2. The first-order valence-corrected chi connectivity index (χ1v) is 12.5. The summed E-state index contributed by atoms with van der Waals surface area (Å²) < 4.78 is 85.6. The smallest absolute Gasteiger partial charge is 0.426 e. The molecule has 3 rings (SSSR count). The molecule has 0 aliphatic carbocycles. The van der Waals surface area contributed by atoms with E-state index in [0.29, 0.717) is 16.9 Å². The van der Waals surface area contributed by atoms with E-state index in [4.69, 9.17) is 30.4 Å². The molecule has 0 atom stereocenters. The fraction of sp³-hybridized carbons (Fsp3) is 0.241. The zero-order valence-electron chi connectivity index (χ0n) is 22.0. The molecule has 0 aromatic heterocycles. The highest BCUT2D eigenvalue weighted by molar-refractivity contribution is 5.91. The molecule has 0 saturated heterocycles. The van der Waals surface area contributed by atoms with Crippen LogP contribution in [0.15, 0.2) is 72.8 Å². The highest BCUT2D eigenvalue weighted by Crippen LogP contribution is 2.33. The van der Waals surface area contributed by atoms with E-state index in [1.165, 1.54) is 60.7 Å². The summed E-state index contributed by atoms with van der Waals surface area (Å²) in [6.07, 6.45) is -6.76. The van der Waals surface area contributed by atoms with Gasteiger partial charge in [0.1, 0.15) is 24.7 Å². The SMILES string of the molecule is Nc1cc(N)cc(C(=O)OCCOC(=O)/C=C/c2ccc(OC(F)(F)c3ccc(OCCCC(F)(F)F)cc3)cc2)c1. The summed E-state index contributed by atoms with van der Waals surface area (Å²) in [5, 5.41) is 0. The average molecular weight is 595 g/mol. The molecule has 42 heavy (non-hydrogen) atoms. The van der Waals surface area contributed by atoms with E-state index in [2.05, 4.69) is 0 Å². The second kappa shape index (κ2) is 14.2. The molecule has 0 fully saturated rings. The Morgan fingerprint density at radius 2 is 1.36 bits per heavy atom. The van der Waals surface area contributed by atoms with Gasteiger partial charge >= 0.3 is 24.2 Å². The van der Waals surface area contributed by atoms with Gasteiger partial charge in [-0.25, -0.2) is 9.59 Å². The van der Waals surface area contributed by atoms with Gasteiger partial charge in [-0.15, -0.1) is 0 Å². The van der Waals surface area contributed by atoms with Gasteiger partial charge in [0.25, 0.3) is 0 Å². The van der Waals surface area contributed by atoms with Crippen LogP contribution in [0.3, 0.4) is 0 Å². The fourth-order valence-electron chi connectivity index (χ4n) is 3.43. The lowest BCUT2D eigenvalue weighted by molar-refractivity contribution is -0.185. The number of ether oxygens (including phenoxy) is 4. The van der Waals surface area contributed by atoms with Crippen molar-refractivity contribution in [1.82, 2.24) is 0 Å². The Hall–Kier alpha value is -4.81. The number of benzene rings is 3. The second-order valence-corrected chi connectivity index (χ2v) is 8.80. The largest absolute Gasteiger partial charge is 0.494 e. The first-order chi connectivity index (χ1) is 19.8. The third-order valence-corrected chi connectivity index (χ3v) is 5.38. The summed E-state index contributed by atoms with van der Waals surface area (Å²) in [4.78, 5) is 23.9. The standard InChI is InChI=1S/C29H27F5N2O6/c30-28(31,32)12-1-13-39-24-9-5-21(6-10-24)29(33,34)42-25-7-2-19(3-8-25)4-11-26(37)40-14-15-41-27(38)20-16-22(35)18-23(36)17-20/h2-11,16-18H,1,12-15,35-36H2/b11-4+. The third-order valence-electron chi connectivity index (χ3n) is 5.38. The van der Waals surface area contributed by atoms with Gasteiger partial charge in [0.15, 0.2) is 0 Å². The molecule has 0 spiro atoms. The minimum absolute atomic E-state index is 0.149. The molecule has 0 bridgehead atoms. The average Bonchev–Trinajstić information content (AvgIpc) is 2.92. The van der Waals surface area contributed by atoms with Crippen LogP contribution >= 0.6 is 0 Å². The maximum absolute atomic E-state index is 14.6. The topological polar surface area (TPSA) is 123 Å². The lowest BCUT2D eigenvalue weighted by Crippen LogP contribution is -2.21. The Labute approximate surface area is 237 Å². The molecule has 0 aliphatic heterocycles. The molecular formula is C29H27F5N2O6. The van der Waals surface area contributed by atoms with Crippen LogP contribution in [0.25, 0.3) is 6.08 Å². The van der Waals surface area contributed by atoms with E-state index < -0.39 is 36.2 Å². The number of hydrogen-bond acceptors (Lipinski definition) is 8. The van der Waals surface area contributed by atoms with Crippen molar-refractivity contribution in [2.24, 2.45) is 0 Å². The van der Waals surface area contributed by atoms with Gasteiger partial charge in [-0.1, -0.05) is 12.1 Å². The van der Waals surface area contributed by atoms with Crippen LogP contribution in [0, 0.1) is 0 Å². The number of halogens is 5. The third kappa shape index (κ3) is 10.6. The van der Waals surface area contributed by atoms with Crippen molar-refractivity contribution in [3.05, 3.63) is 89.5 Å². The maximum atomic E-state index is 14.6. The van der Waals surface area contributed by atoms with Crippen molar-refractivity contribution >= 4 is 29.4 Å². The summed E-state index contributed by atoms with van der Waals surface area (Å²) in [5.41, 5.74) is 12.0. The summed E-state index contributed by atoms with van der Waals surface area (Å²) in [5.74, 6) is -1.41. The molecule has 3 aromatic carbocycles. The van der Waals surface area contributed by atoms with Gasteiger partial charge in [0, 0.05) is 23.9 Å². The quantitative estimate of drug-likeness (QED) is 0.0799. The highest BCUT2D eigenvalue weighted by Gasteiger charge is 2.34. The monoisotopic (exact) mass is 594 g/mol. The van der Waals surface area contributed by atoms with Gasteiger partial charge in [-0.05, 0) is 72.7 Å². The molecular weight excluding hydrogens is 567 g/mol. The van der Waals surface area contributed by atoms with Crippen LogP contribution in [0.2, 0.25) is 0 Å². The molecule has 3 aromatic rings. The van der Waals surface area contributed by atoms with Crippen molar-refractivity contribution in [2.45, 2.75) is 25.1 Å². The summed E-state index contributed by atoms with van der Waals surface area (Å²) in [7, 11) is 0. The number of carbonyl (C=O) groups is 2. The first kappa shape index (κ1) is 31.7. The number of esters is 2. The second-order valence-electron chi connectivity index (χ2n) is 8.80. The number of nitrogens with two attached hydrogens (primary N) is 2. The highest BCUT2D eigenvalue weighted by atomic mass is 19.4. The van der Waals surface area contributed by atoms with Gasteiger partial charge in [-0.2, -0.15) is 22.0 Å². The molecule has 0 heterocycles. The van der Waals surface area contributed by atoms with Crippen LogP contribution < -0.4 is 20.9 Å². The Kier molecular flexibility index (Phi) is 10.7. The predicted molar refractivity (Wildman–Crippen MR) is 144 cm³/mol. The normalized spacial score (nSPS) is 11.7. The van der Waals surface area contributed by atoms with Crippen molar-refractivity contribution in [3.63, 3.8) is 0 Å². The van der Waals surface area contributed by atoms with E-state index in [1.54, 1.807) is 0 Å². The summed E-state index contributed by atoms with van der Waals surface area (Å²) in [6, 6.07) is 14.2. The van der Waals surface area contributed by atoms with Crippen molar-refractivity contribution in [2.75, 3.05) is 31.3 Å². The zero-order valence-corrected chi connectivity index (χ0v) is 22.0. The van der Waals surface area contributed by atoms with Crippen molar-refractivity contribution in [3.8, 4) is 11.5 Å². The molecule has 224 valence electrons. The number of hydrogen-bond donors (Lipinski definition) is 2. The molecule has 13 heteroatoms. The molecule has 0 aliphatic rings. The van der Waals surface area contributed by atoms with Crippen LogP contribution in [0.1, 0.15) is 34.3 Å². The molecule has 0 radical (unpaired) electrons. The van der Waals surface area contributed by atoms with E-state index in [9.17, 15) is 31.5 Å². The maximum Gasteiger partial charge on any atom is 0.426 e.